The fraction of sp³-hybridized carbons (Fsp3) is 0.261. The summed E-state index contributed by atoms with van der Waals surface area (Å²) >= 11 is 1.13. The lowest BCUT2D eigenvalue weighted by molar-refractivity contribution is 0.0957. The molecule has 3 rings (SSSR count). The van der Waals surface area contributed by atoms with E-state index < -0.39 is 6.03 Å². The molecule has 9 heteroatoms. The van der Waals surface area contributed by atoms with Crippen LogP contribution in [0, 0.1) is 13.8 Å². The number of methoxy groups -OCH3 is 2. The van der Waals surface area contributed by atoms with Crippen molar-refractivity contribution in [2.75, 3.05) is 31.4 Å². The maximum atomic E-state index is 12.6. The number of amides is 3. The molecular formula is C23H26N4O4S. The third-order valence-electron chi connectivity index (χ3n) is 4.68. The average Bonchev–Trinajstić information content (AvgIpc) is 3.14. The molecule has 0 radical (unpaired) electrons. The summed E-state index contributed by atoms with van der Waals surface area (Å²) in [4.78, 5) is 29.5. The molecule has 3 N–H and O–H groups in total. The van der Waals surface area contributed by atoms with Crippen molar-refractivity contribution in [3.8, 4) is 11.5 Å². The van der Waals surface area contributed by atoms with E-state index in [1.165, 1.54) is 0 Å². The van der Waals surface area contributed by atoms with Crippen molar-refractivity contribution < 1.29 is 19.1 Å². The molecule has 32 heavy (non-hydrogen) atoms. The minimum absolute atomic E-state index is 0.229. The van der Waals surface area contributed by atoms with Gasteiger partial charge in [0.1, 0.15) is 4.88 Å². The maximum Gasteiger partial charge on any atom is 0.325 e. The summed E-state index contributed by atoms with van der Waals surface area (Å²) in [7, 11) is 3.17. The lowest BCUT2D eigenvalue weighted by atomic mass is 10.1. The van der Waals surface area contributed by atoms with Crippen LogP contribution in [0.15, 0.2) is 42.5 Å². The van der Waals surface area contributed by atoms with E-state index >= 15 is 0 Å². The number of nitrogens with zero attached hydrogens (tertiary/aromatic N) is 1. The predicted octanol–water partition coefficient (Wildman–Crippen LogP) is 4.39. The van der Waals surface area contributed by atoms with Gasteiger partial charge >= 0.3 is 6.03 Å². The molecule has 0 bridgehead atoms. The van der Waals surface area contributed by atoms with Crippen LogP contribution in [0.2, 0.25) is 0 Å². The Morgan fingerprint density at radius 3 is 2.38 bits per heavy atom. The van der Waals surface area contributed by atoms with E-state index in [0.29, 0.717) is 45.9 Å². The second-order valence-corrected chi connectivity index (χ2v) is 8.07. The van der Waals surface area contributed by atoms with E-state index in [4.69, 9.17) is 9.47 Å². The smallest absolute Gasteiger partial charge is 0.325 e. The quantitative estimate of drug-likeness (QED) is 0.468. The van der Waals surface area contributed by atoms with Gasteiger partial charge in [-0.25, -0.2) is 9.78 Å². The molecule has 0 saturated heterocycles. The number of anilines is 2. The van der Waals surface area contributed by atoms with Crippen LogP contribution in [0.3, 0.4) is 0 Å². The van der Waals surface area contributed by atoms with Crippen molar-refractivity contribution in [2.24, 2.45) is 0 Å². The number of hydrogen-bond acceptors (Lipinski definition) is 6. The number of ether oxygens (including phenoxy) is 2. The topological polar surface area (TPSA) is 102 Å². The van der Waals surface area contributed by atoms with Crippen molar-refractivity contribution in [2.45, 2.75) is 20.3 Å². The summed E-state index contributed by atoms with van der Waals surface area (Å²) in [6.07, 6.45) is 0.633. The highest BCUT2D eigenvalue weighted by Crippen LogP contribution is 2.27. The Bertz CT molecular complexity index is 1100. The molecular weight excluding hydrogens is 428 g/mol. The van der Waals surface area contributed by atoms with Crippen molar-refractivity contribution in [1.82, 2.24) is 10.3 Å². The number of benzene rings is 2. The van der Waals surface area contributed by atoms with E-state index in [1.807, 2.05) is 49.4 Å². The minimum atomic E-state index is -0.414. The summed E-state index contributed by atoms with van der Waals surface area (Å²) in [6.45, 7) is 4.16. The first kappa shape index (κ1) is 23.1. The molecule has 1 aromatic heterocycles. The Morgan fingerprint density at radius 2 is 1.69 bits per heavy atom. The Labute approximate surface area is 191 Å². The molecule has 0 spiro atoms. The molecule has 0 aliphatic rings. The normalized spacial score (nSPS) is 10.4. The van der Waals surface area contributed by atoms with Gasteiger partial charge in [0.2, 0.25) is 0 Å². The SMILES string of the molecule is COc1ccc(CCNC(=O)c2sc(NC(=O)Nc3ccc(C)cc3)nc2C)cc1OC. The van der Waals surface area contributed by atoms with Crippen LogP contribution in [-0.2, 0) is 6.42 Å². The molecule has 0 atom stereocenters. The van der Waals surface area contributed by atoms with E-state index in [1.54, 1.807) is 21.1 Å². The fourth-order valence-corrected chi connectivity index (χ4v) is 3.87. The fourth-order valence-electron chi connectivity index (χ4n) is 2.99. The van der Waals surface area contributed by atoms with Gasteiger partial charge in [-0.15, -0.1) is 0 Å². The van der Waals surface area contributed by atoms with Crippen molar-refractivity contribution in [3.63, 3.8) is 0 Å². The van der Waals surface area contributed by atoms with Gasteiger partial charge in [-0.05, 0) is 50.1 Å². The number of hydrogen-bond donors (Lipinski definition) is 3. The zero-order chi connectivity index (χ0) is 23.1. The first-order valence-electron chi connectivity index (χ1n) is 10.0. The second kappa shape index (κ2) is 10.6. The highest BCUT2D eigenvalue weighted by Gasteiger charge is 2.16. The van der Waals surface area contributed by atoms with Crippen molar-refractivity contribution >= 4 is 34.1 Å². The van der Waals surface area contributed by atoms with Gasteiger partial charge in [0.25, 0.3) is 5.91 Å². The number of carbonyl (C=O) groups is 2. The van der Waals surface area contributed by atoms with Gasteiger partial charge in [-0.2, -0.15) is 0 Å². The van der Waals surface area contributed by atoms with Crippen LogP contribution in [0.25, 0.3) is 0 Å². The van der Waals surface area contributed by atoms with Gasteiger partial charge in [0.05, 0.1) is 19.9 Å². The van der Waals surface area contributed by atoms with Gasteiger partial charge in [0, 0.05) is 12.2 Å². The first-order valence-corrected chi connectivity index (χ1v) is 10.8. The molecule has 3 aromatic rings. The van der Waals surface area contributed by atoms with E-state index in [-0.39, 0.29) is 5.91 Å². The molecule has 0 unspecified atom stereocenters. The number of aryl methyl sites for hydroxylation is 2. The average molecular weight is 455 g/mol. The monoisotopic (exact) mass is 454 g/mol. The molecule has 3 amide bonds. The highest BCUT2D eigenvalue weighted by molar-refractivity contribution is 7.17. The van der Waals surface area contributed by atoms with Crippen LogP contribution < -0.4 is 25.4 Å². The van der Waals surface area contributed by atoms with Crippen LogP contribution in [-0.4, -0.2) is 37.7 Å². The Balaban J connectivity index is 1.54. The van der Waals surface area contributed by atoms with Gasteiger partial charge < -0.3 is 20.1 Å². The Kier molecular flexibility index (Phi) is 7.67. The molecule has 1 heterocycles. The molecule has 0 aliphatic heterocycles. The number of nitrogens with one attached hydrogen (secondary N) is 3. The summed E-state index contributed by atoms with van der Waals surface area (Å²) < 4.78 is 10.5. The van der Waals surface area contributed by atoms with Gasteiger partial charge in [-0.1, -0.05) is 35.1 Å². The van der Waals surface area contributed by atoms with Crippen molar-refractivity contribution in [3.05, 3.63) is 64.2 Å². The summed E-state index contributed by atoms with van der Waals surface area (Å²) in [6, 6.07) is 12.7. The molecule has 168 valence electrons. The second-order valence-electron chi connectivity index (χ2n) is 7.07. The number of thiazole rings is 1. The van der Waals surface area contributed by atoms with Crippen LogP contribution in [0.4, 0.5) is 15.6 Å². The number of urea groups is 1. The van der Waals surface area contributed by atoms with E-state index in [9.17, 15) is 9.59 Å². The zero-order valence-electron chi connectivity index (χ0n) is 18.4. The third-order valence-corrected chi connectivity index (χ3v) is 5.75. The molecule has 0 aliphatic carbocycles. The van der Waals surface area contributed by atoms with E-state index in [2.05, 4.69) is 20.9 Å². The number of rotatable bonds is 8. The molecule has 8 nitrogen and oxygen atoms in total. The Morgan fingerprint density at radius 1 is 0.969 bits per heavy atom. The van der Waals surface area contributed by atoms with Crippen molar-refractivity contribution in [1.29, 1.82) is 0 Å². The molecule has 0 saturated carbocycles. The van der Waals surface area contributed by atoms with Gasteiger partial charge in [0.15, 0.2) is 16.6 Å². The predicted molar refractivity (Wildman–Crippen MR) is 126 cm³/mol. The standard InChI is InChI=1S/C23H26N4O4S/c1-14-5-8-17(9-6-14)26-22(29)27-23-25-15(2)20(32-23)21(28)24-12-11-16-7-10-18(30-3)19(13-16)31-4/h5-10,13H,11-12H2,1-4H3,(H,24,28)(H2,25,26,27,29). The lowest BCUT2D eigenvalue weighted by Gasteiger charge is -2.10. The third kappa shape index (κ3) is 5.98. The van der Waals surface area contributed by atoms with Gasteiger partial charge in [-0.3, -0.25) is 10.1 Å². The number of carbonyl (C=O) groups excluding carboxylic acids is 2. The maximum absolute atomic E-state index is 12.6. The number of aromatic nitrogens is 1. The largest absolute Gasteiger partial charge is 0.493 e. The zero-order valence-corrected chi connectivity index (χ0v) is 19.3. The molecule has 0 fully saturated rings. The highest BCUT2D eigenvalue weighted by atomic mass is 32.1. The Hall–Kier alpha value is -3.59. The summed E-state index contributed by atoms with van der Waals surface area (Å²) in [5, 5.41) is 8.68. The summed E-state index contributed by atoms with van der Waals surface area (Å²) in [5.41, 5.74) is 3.35. The lowest BCUT2D eigenvalue weighted by Crippen LogP contribution is -2.25. The first-order chi connectivity index (χ1) is 15.4. The summed E-state index contributed by atoms with van der Waals surface area (Å²) in [5.74, 6) is 1.08. The van der Waals surface area contributed by atoms with Crippen LogP contribution in [0.1, 0.15) is 26.5 Å². The molecule has 2 aromatic carbocycles. The minimum Gasteiger partial charge on any atom is -0.493 e. The van der Waals surface area contributed by atoms with Crippen LogP contribution >= 0.6 is 11.3 Å². The van der Waals surface area contributed by atoms with E-state index in [0.717, 1.165) is 22.5 Å². The van der Waals surface area contributed by atoms with Crippen LogP contribution in [0.5, 0.6) is 11.5 Å².